The molecule has 0 aliphatic heterocycles. The lowest BCUT2D eigenvalue weighted by Gasteiger charge is -1.98. The number of rotatable bonds is 1. The molecule has 0 amide bonds. The predicted octanol–water partition coefficient (Wildman–Crippen LogP) is 1.29. The molecule has 12 heavy (non-hydrogen) atoms. The van der Waals surface area contributed by atoms with Crippen molar-refractivity contribution in [2.45, 2.75) is 13.7 Å². The highest BCUT2D eigenvalue weighted by molar-refractivity contribution is 5.75. The zero-order valence-electron chi connectivity index (χ0n) is 6.86. The van der Waals surface area contributed by atoms with Crippen LogP contribution < -0.4 is 0 Å². The highest BCUT2D eigenvalue weighted by Gasteiger charge is 1.99. The lowest BCUT2D eigenvalue weighted by molar-refractivity contribution is 0.215. The van der Waals surface area contributed by atoms with Crippen LogP contribution in [0.25, 0.3) is 11.0 Å². The van der Waals surface area contributed by atoms with E-state index in [1.807, 2.05) is 25.1 Å². The largest absolute Gasteiger partial charge is 0.376 e. The quantitative estimate of drug-likeness (QED) is 0.686. The molecule has 1 N–H and O–H groups in total. The fourth-order valence-electron chi connectivity index (χ4n) is 1.28. The van der Waals surface area contributed by atoms with E-state index in [9.17, 15) is 0 Å². The average molecular weight is 162 g/mol. The molecule has 0 atom stereocenters. The molecule has 1 aromatic carbocycles. The summed E-state index contributed by atoms with van der Waals surface area (Å²) in [6.45, 7) is 2.01. The molecular formula is C9H10N2O. The van der Waals surface area contributed by atoms with Crippen molar-refractivity contribution in [1.82, 2.24) is 9.55 Å². The summed E-state index contributed by atoms with van der Waals surface area (Å²) in [6, 6.07) is 5.98. The molecule has 0 aliphatic carbocycles. The Balaban J connectivity index is 2.75. The van der Waals surface area contributed by atoms with E-state index in [0.717, 1.165) is 11.0 Å². The summed E-state index contributed by atoms with van der Waals surface area (Å²) in [5.74, 6) is 0. The van der Waals surface area contributed by atoms with Crippen molar-refractivity contribution < 1.29 is 5.11 Å². The van der Waals surface area contributed by atoms with Gasteiger partial charge in [0, 0.05) is 0 Å². The molecule has 0 fully saturated rings. The van der Waals surface area contributed by atoms with Crippen LogP contribution in [0.3, 0.4) is 0 Å². The summed E-state index contributed by atoms with van der Waals surface area (Å²) >= 11 is 0. The number of aromatic nitrogens is 2. The maximum atomic E-state index is 8.94. The Morgan fingerprint density at radius 1 is 1.50 bits per heavy atom. The number of aliphatic hydroxyl groups is 1. The van der Waals surface area contributed by atoms with Crippen LogP contribution in [-0.2, 0) is 6.73 Å². The van der Waals surface area contributed by atoms with E-state index < -0.39 is 0 Å². The van der Waals surface area contributed by atoms with Crippen LogP contribution in [0.4, 0.5) is 0 Å². The fourth-order valence-corrected chi connectivity index (χ4v) is 1.28. The van der Waals surface area contributed by atoms with Gasteiger partial charge in [-0.15, -0.1) is 0 Å². The minimum Gasteiger partial charge on any atom is -0.376 e. The predicted molar refractivity (Wildman–Crippen MR) is 46.7 cm³/mol. The highest BCUT2D eigenvalue weighted by atomic mass is 16.3. The van der Waals surface area contributed by atoms with E-state index in [0.29, 0.717) is 0 Å². The molecule has 0 saturated carbocycles. The van der Waals surface area contributed by atoms with Gasteiger partial charge in [-0.1, -0.05) is 6.07 Å². The third-order valence-electron chi connectivity index (χ3n) is 1.93. The van der Waals surface area contributed by atoms with Crippen LogP contribution in [0, 0.1) is 6.92 Å². The number of aliphatic hydroxyl groups excluding tert-OH is 1. The third-order valence-corrected chi connectivity index (χ3v) is 1.93. The molecule has 1 aromatic heterocycles. The van der Waals surface area contributed by atoms with E-state index in [1.165, 1.54) is 5.56 Å². The number of fused-ring (bicyclic) bond motifs is 1. The SMILES string of the molecule is Cc1ccc2ncn(CO)c2c1. The van der Waals surface area contributed by atoms with Gasteiger partial charge < -0.3 is 9.67 Å². The number of imidazole rings is 1. The van der Waals surface area contributed by atoms with Gasteiger partial charge in [-0.3, -0.25) is 0 Å². The van der Waals surface area contributed by atoms with Crippen LogP contribution in [0.1, 0.15) is 5.56 Å². The smallest absolute Gasteiger partial charge is 0.121 e. The first-order valence-electron chi connectivity index (χ1n) is 3.83. The van der Waals surface area contributed by atoms with E-state index in [-0.39, 0.29) is 6.73 Å². The van der Waals surface area contributed by atoms with Crippen molar-refractivity contribution >= 4 is 11.0 Å². The van der Waals surface area contributed by atoms with Crippen molar-refractivity contribution in [1.29, 1.82) is 0 Å². The number of aryl methyl sites for hydroxylation is 1. The fraction of sp³-hybridized carbons (Fsp3) is 0.222. The molecule has 62 valence electrons. The van der Waals surface area contributed by atoms with Gasteiger partial charge in [0.2, 0.25) is 0 Å². The van der Waals surface area contributed by atoms with Crippen LogP contribution in [-0.4, -0.2) is 14.7 Å². The van der Waals surface area contributed by atoms with E-state index in [2.05, 4.69) is 4.98 Å². The molecule has 0 unspecified atom stereocenters. The molecule has 2 rings (SSSR count). The second-order valence-corrected chi connectivity index (χ2v) is 2.85. The second kappa shape index (κ2) is 2.60. The summed E-state index contributed by atoms with van der Waals surface area (Å²) in [5.41, 5.74) is 3.09. The molecule has 2 aromatic rings. The Morgan fingerprint density at radius 2 is 2.33 bits per heavy atom. The average Bonchev–Trinajstić information content (AvgIpc) is 2.46. The first kappa shape index (κ1) is 7.31. The monoisotopic (exact) mass is 162 g/mol. The van der Waals surface area contributed by atoms with Gasteiger partial charge in [0.15, 0.2) is 0 Å². The van der Waals surface area contributed by atoms with Crippen molar-refractivity contribution in [2.75, 3.05) is 0 Å². The van der Waals surface area contributed by atoms with Gasteiger partial charge in [0.25, 0.3) is 0 Å². The zero-order chi connectivity index (χ0) is 8.55. The topological polar surface area (TPSA) is 38.0 Å². The van der Waals surface area contributed by atoms with Crippen LogP contribution in [0.2, 0.25) is 0 Å². The summed E-state index contributed by atoms with van der Waals surface area (Å²) < 4.78 is 1.71. The van der Waals surface area contributed by atoms with Crippen LogP contribution in [0.15, 0.2) is 24.5 Å². The van der Waals surface area contributed by atoms with Gasteiger partial charge in [0.1, 0.15) is 6.73 Å². The van der Waals surface area contributed by atoms with E-state index >= 15 is 0 Å². The minimum absolute atomic E-state index is 0.0139. The normalized spacial score (nSPS) is 10.8. The zero-order valence-corrected chi connectivity index (χ0v) is 6.86. The Hall–Kier alpha value is -1.35. The number of benzene rings is 1. The standard InChI is InChI=1S/C9H10N2O/c1-7-2-3-8-9(4-7)11(6-12)5-10-8/h2-5,12H,6H2,1H3. The van der Waals surface area contributed by atoms with Crippen molar-refractivity contribution in [3.63, 3.8) is 0 Å². The Labute approximate surface area is 70.3 Å². The molecule has 0 radical (unpaired) electrons. The molecule has 3 heteroatoms. The maximum absolute atomic E-state index is 8.94. The van der Waals surface area contributed by atoms with Crippen LogP contribution in [0.5, 0.6) is 0 Å². The lowest BCUT2D eigenvalue weighted by Crippen LogP contribution is -1.93. The number of nitrogens with zero attached hydrogens (tertiary/aromatic N) is 2. The van der Waals surface area contributed by atoms with E-state index in [1.54, 1.807) is 10.9 Å². The summed E-state index contributed by atoms with van der Waals surface area (Å²) in [4.78, 5) is 4.13. The molecule has 0 aliphatic rings. The third kappa shape index (κ3) is 0.987. The summed E-state index contributed by atoms with van der Waals surface area (Å²) in [7, 11) is 0. The molecular weight excluding hydrogens is 152 g/mol. The van der Waals surface area contributed by atoms with Gasteiger partial charge in [0.05, 0.1) is 17.4 Å². The van der Waals surface area contributed by atoms with E-state index in [4.69, 9.17) is 5.11 Å². The van der Waals surface area contributed by atoms with Crippen molar-refractivity contribution in [2.24, 2.45) is 0 Å². The summed E-state index contributed by atoms with van der Waals surface area (Å²) in [5, 5.41) is 8.94. The van der Waals surface area contributed by atoms with Crippen molar-refractivity contribution in [3.05, 3.63) is 30.1 Å². The summed E-state index contributed by atoms with van der Waals surface area (Å²) in [6.07, 6.45) is 1.64. The Kier molecular flexibility index (Phi) is 1.59. The molecule has 3 nitrogen and oxygen atoms in total. The van der Waals surface area contributed by atoms with Gasteiger partial charge >= 0.3 is 0 Å². The molecule has 0 bridgehead atoms. The number of hydrogen-bond acceptors (Lipinski definition) is 2. The van der Waals surface area contributed by atoms with Gasteiger partial charge in [-0.2, -0.15) is 0 Å². The maximum Gasteiger partial charge on any atom is 0.121 e. The second-order valence-electron chi connectivity index (χ2n) is 2.85. The highest BCUT2D eigenvalue weighted by Crippen LogP contribution is 2.13. The molecule has 0 spiro atoms. The molecule has 0 saturated heterocycles. The van der Waals surface area contributed by atoms with Gasteiger partial charge in [-0.25, -0.2) is 4.98 Å². The lowest BCUT2D eigenvalue weighted by atomic mass is 10.2. The van der Waals surface area contributed by atoms with Crippen LogP contribution >= 0.6 is 0 Å². The first-order valence-corrected chi connectivity index (χ1v) is 3.83. The minimum atomic E-state index is -0.0139. The molecule has 1 heterocycles. The van der Waals surface area contributed by atoms with Crippen molar-refractivity contribution in [3.8, 4) is 0 Å². The van der Waals surface area contributed by atoms with Gasteiger partial charge in [-0.05, 0) is 24.6 Å². The Morgan fingerprint density at radius 3 is 3.08 bits per heavy atom. The first-order chi connectivity index (χ1) is 5.81. The number of hydrogen-bond donors (Lipinski definition) is 1. The Bertz CT molecular complexity index is 406.